The molecule has 1 N–H and O–H groups in total. The summed E-state index contributed by atoms with van der Waals surface area (Å²) in [5.41, 5.74) is 4.04. The molecular weight excluding hydrogens is 292 g/mol. The van der Waals surface area contributed by atoms with Crippen LogP contribution in [0, 0.1) is 0 Å². The Kier molecular flexibility index (Phi) is 5.68. The molecule has 2 rings (SSSR count). The Morgan fingerprint density at radius 2 is 1.86 bits per heavy atom. The summed E-state index contributed by atoms with van der Waals surface area (Å²) in [5, 5.41) is 8.08. The summed E-state index contributed by atoms with van der Waals surface area (Å²) in [7, 11) is 0. The van der Waals surface area contributed by atoms with Crippen molar-refractivity contribution in [3.63, 3.8) is 0 Å². The van der Waals surface area contributed by atoms with E-state index in [9.17, 15) is 0 Å². The third-order valence-corrected chi connectivity index (χ3v) is 3.10. The lowest BCUT2D eigenvalue weighted by molar-refractivity contribution is 0.276. The highest BCUT2D eigenvalue weighted by molar-refractivity contribution is 6.31. The normalized spacial score (nSPS) is 10.4. The van der Waals surface area contributed by atoms with Gasteiger partial charge in [-0.05, 0) is 25.0 Å². The summed E-state index contributed by atoms with van der Waals surface area (Å²) in [6, 6.07) is 3.69. The Labute approximate surface area is 129 Å². The van der Waals surface area contributed by atoms with Crippen LogP contribution in [0.1, 0.15) is 25.8 Å². The summed E-state index contributed by atoms with van der Waals surface area (Å²) in [6.07, 6.45) is 4.09. The second kappa shape index (κ2) is 7.73. The number of nitrogens with one attached hydrogen (secondary N) is 1. The molecule has 0 aliphatic heterocycles. The predicted octanol–water partition coefficient (Wildman–Crippen LogP) is 2.86. The average Bonchev–Trinajstić information content (AvgIpc) is 2.99. The number of halogens is 1. The first-order chi connectivity index (χ1) is 10.2. The maximum atomic E-state index is 6.30. The van der Waals surface area contributed by atoms with E-state index in [1.54, 1.807) is 23.4 Å². The molecular formula is C14H19ClN4O2. The van der Waals surface area contributed by atoms with E-state index in [0.717, 1.165) is 12.0 Å². The van der Waals surface area contributed by atoms with Gasteiger partial charge >= 0.3 is 0 Å². The fourth-order valence-corrected chi connectivity index (χ4v) is 1.99. The zero-order valence-electron chi connectivity index (χ0n) is 12.2. The van der Waals surface area contributed by atoms with Crippen LogP contribution >= 0.6 is 11.6 Å². The molecule has 0 amide bonds. The Morgan fingerprint density at radius 1 is 1.14 bits per heavy atom. The van der Waals surface area contributed by atoms with Gasteiger partial charge in [0.1, 0.15) is 12.7 Å². The van der Waals surface area contributed by atoms with Gasteiger partial charge < -0.3 is 14.9 Å². The molecule has 0 radical (unpaired) electrons. The molecule has 21 heavy (non-hydrogen) atoms. The minimum absolute atomic E-state index is 0.533. The van der Waals surface area contributed by atoms with E-state index in [4.69, 9.17) is 21.1 Å². The molecule has 1 heterocycles. The molecule has 6 nitrogen and oxygen atoms in total. The van der Waals surface area contributed by atoms with E-state index < -0.39 is 0 Å². The topological polar surface area (TPSA) is 61.2 Å². The molecule has 0 fully saturated rings. The van der Waals surface area contributed by atoms with Gasteiger partial charge in [-0.2, -0.15) is 0 Å². The minimum Gasteiger partial charge on any atom is -0.490 e. The number of hydrogen-bond acceptors (Lipinski definition) is 5. The van der Waals surface area contributed by atoms with Gasteiger partial charge in [0.15, 0.2) is 11.5 Å². The molecule has 114 valence electrons. The highest BCUT2D eigenvalue weighted by Crippen LogP contribution is 2.33. The Morgan fingerprint density at radius 3 is 2.52 bits per heavy atom. The molecule has 0 spiro atoms. The van der Waals surface area contributed by atoms with Crippen molar-refractivity contribution in [3.8, 4) is 11.5 Å². The van der Waals surface area contributed by atoms with Crippen LogP contribution in [0.4, 0.5) is 0 Å². The third-order valence-electron chi connectivity index (χ3n) is 2.75. The number of hydrogen-bond donors (Lipinski definition) is 1. The number of nitrogens with zero attached hydrogens (tertiary/aromatic N) is 3. The number of benzene rings is 1. The summed E-state index contributed by atoms with van der Waals surface area (Å²) in [6.45, 7) is 5.73. The van der Waals surface area contributed by atoms with Gasteiger partial charge in [0.2, 0.25) is 0 Å². The highest BCUT2D eigenvalue weighted by atomic mass is 35.5. The fraction of sp³-hybridized carbons (Fsp3) is 0.429. The molecule has 1 aromatic heterocycles. The number of rotatable bonds is 8. The van der Waals surface area contributed by atoms with Gasteiger partial charge in [0, 0.05) is 11.1 Å². The minimum atomic E-state index is 0.533. The van der Waals surface area contributed by atoms with Crippen LogP contribution in [0.25, 0.3) is 0 Å². The van der Waals surface area contributed by atoms with Crippen molar-refractivity contribution in [1.82, 2.24) is 14.9 Å². The molecule has 0 aliphatic rings. The zero-order valence-corrected chi connectivity index (χ0v) is 12.9. The number of ether oxygens (including phenoxy) is 2. The zero-order chi connectivity index (χ0) is 15.1. The van der Waals surface area contributed by atoms with E-state index >= 15 is 0 Å². The lowest BCUT2D eigenvalue weighted by Gasteiger charge is -2.15. The lowest BCUT2D eigenvalue weighted by atomic mass is 10.2. The summed E-state index contributed by atoms with van der Waals surface area (Å²) in [5.74, 6) is 1.38. The van der Waals surface area contributed by atoms with Crippen molar-refractivity contribution >= 4 is 11.6 Å². The SMILES string of the molecule is CCCOc1cc(Cl)c(CNn2cnnc2)cc1OCC. The van der Waals surface area contributed by atoms with E-state index in [-0.39, 0.29) is 0 Å². The molecule has 7 heteroatoms. The molecule has 0 atom stereocenters. The average molecular weight is 311 g/mol. The van der Waals surface area contributed by atoms with Gasteiger partial charge in [0.25, 0.3) is 0 Å². The molecule has 0 saturated carbocycles. The maximum absolute atomic E-state index is 6.30. The van der Waals surface area contributed by atoms with Crippen LogP contribution in [0.5, 0.6) is 11.5 Å². The smallest absolute Gasteiger partial charge is 0.162 e. The van der Waals surface area contributed by atoms with Gasteiger partial charge in [-0.3, -0.25) is 0 Å². The van der Waals surface area contributed by atoms with Crippen LogP contribution in [0.3, 0.4) is 0 Å². The highest BCUT2D eigenvalue weighted by Gasteiger charge is 2.11. The van der Waals surface area contributed by atoms with Crippen molar-refractivity contribution in [2.45, 2.75) is 26.8 Å². The summed E-state index contributed by atoms with van der Waals surface area (Å²) in [4.78, 5) is 0. The van der Waals surface area contributed by atoms with Gasteiger partial charge in [-0.25, -0.2) is 4.68 Å². The lowest BCUT2D eigenvalue weighted by Crippen LogP contribution is -2.12. The van der Waals surface area contributed by atoms with Crippen LogP contribution in [-0.2, 0) is 6.54 Å². The first-order valence-electron chi connectivity index (χ1n) is 6.91. The molecule has 0 aliphatic carbocycles. The van der Waals surface area contributed by atoms with E-state index in [1.165, 1.54) is 0 Å². The fourth-order valence-electron chi connectivity index (χ4n) is 1.76. The Bertz CT molecular complexity index is 560. The molecule has 1 aromatic carbocycles. The first kappa shape index (κ1) is 15.4. The van der Waals surface area contributed by atoms with Crippen molar-refractivity contribution < 1.29 is 9.47 Å². The largest absolute Gasteiger partial charge is 0.490 e. The first-order valence-corrected chi connectivity index (χ1v) is 7.28. The van der Waals surface area contributed by atoms with Crippen molar-refractivity contribution in [1.29, 1.82) is 0 Å². The quantitative estimate of drug-likeness (QED) is 0.812. The second-order valence-electron chi connectivity index (χ2n) is 4.38. The van der Waals surface area contributed by atoms with Crippen molar-refractivity contribution in [2.24, 2.45) is 0 Å². The van der Waals surface area contributed by atoms with Gasteiger partial charge in [0.05, 0.1) is 19.8 Å². The maximum Gasteiger partial charge on any atom is 0.162 e. The number of aromatic nitrogens is 3. The van der Waals surface area contributed by atoms with E-state index in [0.29, 0.717) is 36.3 Å². The predicted molar refractivity (Wildman–Crippen MR) is 81.5 cm³/mol. The monoisotopic (exact) mass is 310 g/mol. The van der Waals surface area contributed by atoms with Crippen LogP contribution in [0.15, 0.2) is 24.8 Å². The van der Waals surface area contributed by atoms with E-state index in [2.05, 4.69) is 22.5 Å². The standard InChI is InChI=1S/C14H19ClN4O2/c1-3-5-21-14-7-12(15)11(6-13(14)20-4-2)8-18-19-9-16-17-10-19/h6-7,9-10,18H,3-5,8H2,1-2H3. The van der Waals surface area contributed by atoms with Crippen LogP contribution in [-0.4, -0.2) is 28.1 Å². The summed E-state index contributed by atoms with van der Waals surface area (Å²) < 4.78 is 13.0. The van der Waals surface area contributed by atoms with Gasteiger partial charge in [-0.15, -0.1) is 10.2 Å². The molecule has 0 bridgehead atoms. The Balaban J connectivity index is 2.14. The van der Waals surface area contributed by atoms with Gasteiger partial charge in [-0.1, -0.05) is 18.5 Å². The molecule has 0 unspecified atom stereocenters. The summed E-state index contributed by atoms with van der Waals surface area (Å²) >= 11 is 6.30. The van der Waals surface area contributed by atoms with E-state index in [1.807, 2.05) is 13.0 Å². The third kappa shape index (κ3) is 4.26. The van der Waals surface area contributed by atoms with Crippen LogP contribution in [0.2, 0.25) is 5.02 Å². The Hall–Kier alpha value is -1.95. The van der Waals surface area contributed by atoms with Crippen molar-refractivity contribution in [3.05, 3.63) is 35.4 Å². The van der Waals surface area contributed by atoms with Crippen LogP contribution < -0.4 is 14.9 Å². The second-order valence-corrected chi connectivity index (χ2v) is 4.78. The van der Waals surface area contributed by atoms with Crippen molar-refractivity contribution in [2.75, 3.05) is 18.6 Å². The molecule has 2 aromatic rings. The molecule has 0 saturated heterocycles.